The second kappa shape index (κ2) is 6.12. The molecule has 0 aliphatic rings. The van der Waals surface area contributed by atoms with Crippen LogP contribution in [-0.4, -0.2) is 32.8 Å². The fraction of sp³-hybridized carbons (Fsp3) is 0.222. The molecule has 0 saturated heterocycles. The normalized spacial score (nSPS) is 10.7. The number of hydrogen-bond acceptors (Lipinski definition) is 4. The first-order chi connectivity index (χ1) is 11.0. The van der Waals surface area contributed by atoms with Crippen molar-refractivity contribution in [2.24, 2.45) is 0 Å². The van der Waals surface area contributed by atoms with Gasteiger partial charge in [0.05, 0.1) is 29.5 Å². The van der Waals surface area contributed by atoms with Gasteiger partial charge in [-0.3, -0.25) is 19.7 Å². The van der Waals surface area contributed by atoms with E-state index in [4.69, 9.17) is 0 Å². The first kappa shape index (κ1) is 15.1. The third-order valence-corrected chi connectivity index (χ3v) is 3.69. The summed E-state index contributed by atoms with van der Waals surface area (Å²) in [4.78, 5) is 27.3. The average Bonchev–Trinajstić information content (AvgIpc) is 2.53. The largest absolute Gasteiger partial charge is 0.336 e. The Labute approximate surface area is 135 Å². The Hall–Kier alpha value is -2.82. The Bertz CT molecular complexity index is 856. The monoisotopic (exact) mass is 306 g/mol. The molecule has 1 aromatic carbocycles. The molecule has 3 rings (SSSR count). The van der Waals surface area contributed by atoms with Crippen molar-refractivity contribution in [3.05, 3.63) is 65.4 Å². The van der Waals surface area contributed by atoms with E-state index in [1.807, 2.05) is 38.1 Å². The van der Waals surface area contributed by atoms with Crippen LogP contribution in [0.25, 0.3) is 10.9 Å². The number of hydrogen-bond donors (Lipinski definition) is 0. The average molecular weight is 306 g/mol. The van der Waals surface area contributed by atoms with Gasteiger partial charge in [0.2, 0.25) is 0 Å². The van der Waals surface area contributed by atoms with Crippen LogP contribution < -0.4 is 0 Å². The van der Waals surface area contributed by atoms with Gasteiger partial charge < -0.3 is 4.90 Å². The van der Waals surface area contributed by atoms with E-state index in [1.54, 1.807) is 30.5 Å². The van der Waals surface area contributed by atoms with Gasteiger partial charge >= 0.3 is 0 Å². The minimum atomic E-state index is -0.0463. The molecule has 3 aromatic rings. The maximum Gasteiger partial charge on any atom is 0.254 e. The van der Waals surface area contributed by atoms with Crippen molar-refractivity contribution in [1.29, 1.82) is 0 Å². The van der Waals surface area contributed by atoms with Crippen molar-refractivity contribution in [1.82, 2.24) is 19.9 Å². The lowest BCUT2D eigenvalue weighted by Crippen LogP contribution is -2.27. The lowest BCUT2D eigenvalue weighted by molar-refractivity contribution is 0.0785. The molecule has 0 radical (unpaired) electrons. The SMILES string of the molecule is Cc1ccc2c(C(=O)N(C)Cc3cnccn3)cc(C)nc2c1. The van der Waals surface area contributed by atoms with Crippen LogP contribution >= 0.6 is 0 Å². The molecule has 5 nitrogen and oxygen atoms in total. The number of pyridine rings is 1. The molecule has 0 bridgehead atoms. The van der Waals surface area contributed by atoms with E-state index in [2.05, 4.69) is 15.0 Å². The number of carbonyl (C=O) groups is 1. The Morgan fingerprint density at radius 1 is 1.17 bits per heavy atom. The number of fused-ring (bicyclic) bond motifs is 1. The van der Waals surface area contributed by atoms with E-state index >= 15 is 0 Å². The minimum Gasteiger partial charge on any atom is -0.336 e. The number of rotatable bonds is 3. The fourth-order valence-corrected chi connectivity index (χ4v) is 2.58. The molecule has 0 saturated carbocycles. The van der Waals surface area contributed by atoms with E-state index < -0.39 is 0 Å². The summed E-state index contributed by atoms with van der Waals surface area (Å²) in [6.07, 6.45) is 4.92. The molecule has 116 valence electrons. The third-order valence-electron chi connectivity index (χ3n) is 3.69. The van der Waals surface area contributed by atoms with Gasteiger partial charge in [0, 0.05) is 30.5 Å². The van der Waals surface area contributed by atoms with Crippen LogP contribution in [0.1, 0.15) is 27.3 Å². The van der Waals surface area contributed by atoms with Crippen LogP contribution in [0.3, 0.4) is 0 Å². The minimum absolute atomic E-state index is 0.0463. The molecule has 0 aliphatic heterocycles. The van der Waals surface area contributed by atoms with Crippen molar-refractivity contribution >= 4 is 16.8 Å². The molecular weight excluding hydrogens is 288 g/mol. The second-order valence-electron chi connectivity index (χ2n) is 5.69. The Morgan fingerprint density at radius 3 is 2.74 bits per heavy atom. The summed E-state index contributed by atoms with van der Waals surface area (Å²) in [6.45, 7) is 4.34. The molecule has 0 N–H and O–H groups in total. The van der Waals surface area contributed by atoms with E-state index in [-0.39, 0.29) is 5.91 Å². The van der Waals surface area contributed by atoms with Gasteiger partial charge in [0.15, 0.2) is 0 Å². The van der Waals surface area contributed by atoms with Crippen LogP contribution in [0.5, 0.6) is 0 Å². The topological polar surface area (TPSA) is 59.0 Å². The van der Waals surface area contributed by atoms with Gasteiger partial charge in [-0.05, 0) is 31.5 Å². The van der Waals surface area contributed by atoms with E-state index in [9.17, 15) is 4.79 Å². The van der Waals surface area contributed by atoms with Crippen molar-refractivity contribution in [3.63, 3.8) is 0 Å². The number of nitrogens with zero attached hydrogens (tertiary/aromatic N) is 4. The summed E-state index contributed by atoms with van der Waals surface area (Å²) < 4.78 is 0. The van der Waals surface area contributed by atoms with E-state index in [0.717, 1.165) is 27.9 Å². The lowest BCUT2D eigenvalue weighted by atomic mass is 10.0. The summed E-state index contributed by atoms with van der Waals surface area (Å²) in [5.41, 5.74) is 4.23. The van der Waals surface area contributed by atoms with Crippen LogP contribution in [-0.2, 0) is 6.54 Å². The first-order valence-corrected chi connectivity index (χ1v) is 7.43. The summed E-state index contributed by atoms with van der Waals surface area (Å²) in [7, 11) is 1.77. The summed E-state index contributed by atoms with van der Waals surface area (Å²) >= 11 is 0. The summed E-state index contributed by atoms with van der Waals surface area (Å²) in [5.74, 6) is -0.0463. The Kier molecular flexibility index (Phi) is 4.02. The second-order valence-corrected chi connectivity index (χ2v) is 5.69. The van der Waals surface area contributed by atoms with Crippen molar-refractivity contribution < 1.29 is 4.79 Å². The van der Waals surface area contributed by atoms with Crippen molar-refractivity contribution in [2.45, 2.75) is 20.4 Å². The van der Waals surface area contributed by atoms with Gasteiger partial charge in [0.1, 0.15) is 0 Å². The molecule has 0 fully saturated rings. The molecule has 2 heterocycles. The smallest absolute Gasteiger partial charge is 0.254 e. The van der Waals surface area contributed by atoms with Gasteiger partial charge in [-0.2, -0.15) is 0 Å². The highest BCUT2D eigenvalue weighted by molar-refractivity contribution is 6.06. The quantitative estimate of drug-likeness (QED) is 0.746. The number of aryl methyl sites for hydroxylation is 2. The standard InChI is InChI=1S/C18H18N4O/c1-12-4-5-15-16(9-13(2)21-17(15)8-12)18(23)22(3)11-14-10-19-6-7-20-14/h4-10H,11H2,1-3H3. The van der Waals surface area contributed by atoms with Gasteiger partial charge in [-0.15, -0.1) is 0 Å². The third kappa shape index (κ3) is 3.18. The summed E-state index contributed by atoms with van der Waals surface area (Å²) in [5, 5.41) is 0.872. The van der Waals surface area contributed by atoms with Gasteiger partial charge in [-0.1, -0.05) is 12.1 Å². The molecule has 1 amide bonds. The number of carbonyl (C=O) groups excluding carboxylic acids is 1. The molecule has 23 heavy (non-hydrogen) atoms. The molecule has 0 unspecified atom stereocenters. The highest BCUT2D eigenvalue weighted by Gasteiger charge is 2.17. The molecular formula is C18H18N4O. The number of benzene rings is 1. The maximum atomic E-state index is 12.9. The van der Waals surface area contributed by atoms with Crippen LogP contribution in [0.15, 0.2) is 42.9 Å². The van der Waals surface area contributed by atoms with Crippen LogP contribution in [0.2, 0.25) is 0 Å². The molecule has 0 atom stereocenters. The molecule has 5 heteroatoms. The highest BCUT2D eigenvalue weighted by Crippen LogP contribution is 2.21. The van der Waals surface area contributed by atoms with Crippen molar-refractivity contribution in [2.75, 3.05) is 7.05 Å². The van der Waals surface area contributed by atoms with Crippen LogP contribution in [0.4, 0.5) is 0 Å². The number of aromatic nitrogens is 3. The first-order valence-electron chi connectivity index (χ1n) is 7.43. The zero-order valence-electron chi connectivity index (χ0n) is 13.4. The zero-order chi connectivity index (χ0) is 16.4. The van der Waals surface area contributed by atoms with Gasteiger partial charge in [0.25, 0.3) is 5.91 Å². The Morgan fingerprint density at radius 2 is 2.00 bits per heavy atom. The highest BCUT2D eigenvalue weighted by atomic mass is 16.2. The fourth-order valence-electron chi connectivity index (χ4n) is 2.58. The molecule has 2 aromatic heterocycles. The van der Waals surface area contributed by atoms with E-state index in [1.165, 1.54) is 0 Å². The predicted molar refractivity (Wildman–Crippen MR) is 89.0 cm³/mol. The summed E-state index contributed by atoms with van der Waals surface area (Å²) in [6, 6.07) is 7.80. The number of amides is 1. The van der Waals surface area contributed by atoms with Gasteiger partial charge in [-0.25, -0.2) is 0 Å². The maximum absolute atomic E-state index is 12.9. The predicted octanol–water partition coefficient (Wildman–Crippen LogP) is 2.91. The van der Waals surface area contributed by atoms with Crippen LogP contribution in [0, 0.1) is 13.8 Å². The Balaban J connectivity index is 1.97. The van der Waals surface area contributed by atoms with E-state index in [0.29, 0.717) is 12.1 Å². The molecule has 0 aliphatic carbocycles. The zero-order valence-corrected chi connectivity index (χ0v) is 13.4. The molecule has 0 spiro atoms. The lowest BCUT2D eigenvalue weighted by Gasteiger charge is -2.18. The van der Waals surface area contributed by atoms with Crippen molar-refractivity contribution in [3.8, 4) is 0 Å².